The molecule has 0 saturated carbocycles. The molecule has 0 aliphatic rings. The Morgan fingerprint density at radius 1 is 1.47 bits per heavy atom. The fourth-order valence-electron chi connectivity index (χ4n) is 1.08. The molecule has 0 heterocycles. The van der Waals surface area contributed by atoms with E-state index in [4.69, 9.17) is 0 Å². The van der Waals surface area contributed by atoms with Crippen molar-refractivity contribution < 1.29 is 14.6 Å². The summed E-state index contributed by atoms with van der Waals surface area (Å²) in [6, 6.07) is 0. The zero-order valence-electron chi connectivity index (χ0n) is 10.2. The molecule has 0 bridgehead atoms. The van der Waals surface area contributed by atoms with Crippen molar-refractivity contribution >= 4 is 5.97 Å². The summed E-state index contributed by atoms with van der Waals surface area (Å²) in [7, 11) is 1.32. The number of esters is 1. The number of ether oxygens (including phenoxy) is 1. The van der Waals surface area contributed by atoms with Gasteiger partial charge in [0, 0.05) is 6.54 Å². The van der Waals surface area contributed by atoms with Crippen LogP contribution in [-0.4, -0.2) is 37.4 Å². The molecule has 0 amide bonds. The molecule has 2 N–H and O–H groups in total. The van der Waals surface area contributed by atoms with Gasteiger partial charge in [-0.25, -0.2) is 0 Å². The summed E-state index contributed by atoms with van der Waals surface area (Å²) in [6.45, 7) is 7.78. The molecule has 0 aliphatic heterocycles. The van der Waals surface area contributed by atoms with Crippen LogP contribution in [0.15, 0.2) is 0 Å². The predicted molar refractivity (Wildman–Crippen MR) is 59.6 cm³/mol. The van der Waals surface area contributed by atoms with Crippen LogP contribution in [0.3, 0.4) is 0 Å². The van der Waals surface area contributed by atoms with Crippen LogP contribution in [0.4, 0.5) is 0 Å². The van der Waals surface area contributed by atoms with E-state index in [-0.39, 0.29) is 12.4 Å². The molecular formula is C11H23NO3. The normalized spacial score (nSPS) is 13.7. The summed E-state index contributed by atoms with van der Waals surface area (Å²) in [5.41, 5.74) is 0.292. The van der Waals surface area contributed by atoms with E-state index < -0.39 is 6.10 Å². The van der Waals surface area contributed by atoms with Gasteiger partial charge in [-0.05, 0) is 18.4 Å². The van der Waals surface area contributed by atoms with Crippen LogP contribution in [0.2, 0.25) is 0 Å². The molecule has 4 heteroatoms. The van der Waals surface area contributed by atoms with Crippen molar-refractivity contribution in [2.45, 2.75) is 39.7 Å². The molecule has 0 aromatic rings. The van der Waals surface area contributed by atoms with E-state index in [1.807, 2.05) is 0 Å². The van der Waals surface area contributed by atoms with Gasteiger partial charge in [-0.15, -0.1) is 0 Å². The lowest BCUT2D eigenvalue weighted by molar-refractivity contribution is -0.142. The van der Waals surface area contributed by atoms with Crippen LogP contribution in [0.25, 0.3) is 0 Å². The maximum absolute atomic E-state index is 10.8. The molecule has 15 heavy (non-hydrogen) atoms. The maximum Gasteiger partial charge on any atom is 0.308 e. The van der Waals surface area contributed by atoms with Gasteiger partial charge in [-0.3, -0.25) is 4.79 Å². The highest BCUT2D eigenvalue weighted by molar-refractivity contribution is 5.69. The molecule has 0 radical (unpaired) electrons. The van der Waals surface area contributed by atoms with Gasteiger partial charge in [0.1, 0.15) is 0 Å². The third-order valence-electron chi connectivity index (χ3n) is 2.06. The monoisotopic (exact) mass is 217 g/mol. The molecule has 0 rings (SSSR count). The Morgan fingerprint density at radius 2 is 2.07 bits per heavy atom. The standard InChI is InChI=1S/C11H23NO3/c1-11(2,3)5-6-12-8-9(13)7-10(14)15-4/h9,12-13H,5-8H2,1-4H3. The van der Waals surface area contributed by atoms with Crippen LogP contribution in [0, 0.1) is 5.41 Å². The Bertz CT molecular complexity index is 187. The molecule has 0 aliphatic carbocycles. The number of hydrogen-bond donors (Lipinski definition) is 2. The average Bonchev–Trinajstić information content (AvgIpc) is 2.11. The van der Waals surface area contributed by atoms with Crippen molar-refractivity contribution in [1.82, 2.24) is 5.32 Å². The van der Waals surface area contributed by atoms with Crippen LogP contribution in [0.1, 0.15) is 33.6 Å². The van der Waals surface area contributed by atoms with Crippen molar-refractivity contribution in [3.8, 4) is 0 Å². The van der Waals surface area contributed by atoms with E-state index in [9.17, 15) is 9.90 Å². The van der Waals surface area contributed by atoms with Crippen LogP contribution in [-0.2, 0) is 9.53 Å². The summed E-state index contributed by atoms with van der Waals surface area (Å²) in [6.07, 6.45) is 0.439. The second-order valence-electron chi connectivity index (χ2n) is 4.95. The number of aliphatic hydroxyl groups excluding tert-OH is 1. The lowest BCUT2D eigenvalue weighted by Crippen LogP contribution is -2.31. The SMILES string of the molecule is COC(=O)CC(O)CNCCC(C)(C)C. The second-order valence-corrected chi connectivity index (χ2v) is 4.95. The molecule has 0 aromatic heterocycles. The number of carbonyl (C=O) groups excluding carboxylic acids is 1. The first-order valence-electron chi connectivity index (χ1n) is 5.31. The third kappa shape index (κ3) is 9.69. The van der Waals surface area contributed by atoms with Gasteiger partial charge >= 0.3 is 5.97 Å². The summed E-state index contributed by atoms with van der Waals surface area (Å²) in [4.78, 5) is 10.8. The van der Waals surface area contributed by atoms with Crippen molar-refractivity contribution in [2.24, 2.45) is 5.41 Å². The molecule has 0 saturated heterocycles. The van der Waals surface area contributed by atoms with Gasteiger partial charge in [0.25, 0.3) is 0 Å². The number of carbonyl (C=O) groups is 1. The molecule has 0 fully saturated rings. The minimum atomic E-state index is -0.655. The van der Waals surface area contributed by atoms with Gasteiger partial charge in [-0.2, -0.15) is 0 Å². The van der Waals surface area contributed by atoms with E-state index in [2.05, 4.69) is 30.8 Å². The number of rotatable bonds is 6. The Kier molecular flexibility index (Phi) is 6.52. The summed E-state index contributed by atoms with van der Waals surface area (Å²) in [5, 5.41) is 12.5. The average molecular weight is 217 g/mol. The first-order chi connectivity index (χ1) is 6.85. The number of aliphatic hydroxyl groups is 1. The second kappa shape index (κ2) is 6.80. The largest absolute Gasteiger partial charge is 0.469 e. The van der Waals surface area contributed by atoms with Crippen molar-refractivity contribution in [2.75, 3.05) is 20.2 Å². The quantitative estimate of drug-likeness (QED) is 0.513. The molecule has 1 atom stereocenters. The number of nitrogens with one attached hydrogen (secondary N) is 1. The maximum atomic E-state index is 10.8. The van der Waals surface area contributed by atoms with Crippen molar-refractivity contribution in [1.29, 1.82) is 0 Å². The Labute approximate surface area is 92.0 Å². The first-order valence-corrected chi connectivity index (χ1v) is 5.31. The van der Waals surface area contributed by atoms with Crippen molar-refractivity contribution in [3.05, 3.63) is 0 Å². The zero-order chi connectivity index (χ0) is 11.9. The topological polar surface area (TPSA) is 58.6 Å². The minimum absolute atomic E-state index is 0.0546. The van der Waals surface area contributed by atoms with E-state index in [1.165, 1.54) is 7.11 Å². The minimum Gasteiger partial charge on any atom is -0.469 e. The van der Waals surface area contributed by atoms with E-state index in [0.717, 1.165) is 13.0 Å². The molecule has 90 valence electrons. The highest BCUT2D eigenvalue weighted by Gasteiger charge is 2.12. The lowest BCUT2D eigenvalue weighted by atomic mass is 9.92. The molecule has 4 nitrogen and oxygen atoms in total. The molecule has 1 unspecified atom stereocenters. The van der Waals surface area contributed by atoms with Gasteiger partial charge in [0.05, 0.1) is 19.6 Å². The fraction of sp³-hybridized carbons (Fsp3) is 0.909. The van der Waals surface area contributed by atoms with Crippen LogP contribution in [0.5, 0.6) is 0 Å². The highest BCUT2D eigenvalue weighted by atomic mass is 16.5. The van der Waals surface area contributed by atoms with Crippen molar-refractivity contribution in [3.63, 3.8) is 0 Å². The Balaban J connectivity index is 3.47. The zero-order valence-corrected chi connectivity index (χ0v) is 10.2. The summed E-state index contributed by atoms with van der Waals surface area (Å²) < 4.78 is 4.45. The molecular weight excluding hydrogens is 194 g/mol. The fourth-order valence-corrected chi connectivity index (χ4v) is 1.08. The van der Waals surface area contributed by atoms with Gasteiger partial charge in [-0.1, -0.05) is 20.8 Å². The highest BCUT2D eigenvalue weighted by Crippen LogP contribution is 2.16. The molecule has 0 aromatic carbocycles. The van der Waals surface area contributed by atoms with Crippen LogP contribution < -0.4 is 5.32 Å². The lowest BCUT2D eigenvalue weighted by Gasteiger charge is -2.18. The van der Waals surface area contributed by atoms with E-state index >= 15 is 0 Å². The number of hydrogen-bond acceptors (Lipinski definition) is 4. The predicted octanol–water partition coefficient (Wildman–Crippen LogP) is 0.936. The Hall–Kier alpha value is -0.610. The molecule has 0 spiro atoms. The van der Waals surface area contributed by atoms with Gasteiger partial charge in [0.15, 0.2) is 0 Å². The van der Waals surface area contributed by atoms with Crippen LogP contribution >= 0.6 is 0 Å². The third-order valence-corrected chi connectivity index (χ3v) is 2.06. The van der Waals surface area contributed by atoms with E-state index in [0.29, 0.717) is 12.0 Å². The summed E-state index contributed by atoms with van der Waals surface area (Å²) >= 11 is 0. The number of methoxy groups -OCH3 is 1. The smallest absolute Gasteiger partial charge is 0.308 e. The van der Waals surface area contributed by atoms with Gasteiger partial charge < -0.3 is 15.2 Å². The van der Waals surface area contributed by atoms with E-state index in [1.54, 1.807) is 0 Å². The first kappa shape index (κ1) is 14.4. The Morgan fingerprint density at radius 3 is 2.53 bits per heavy atom. The summed E-state index contributed by atoms with van der Waals surface area (Å²) in [5.74, 6) is -0.375. The van der Waals surface area contributed by atoms with Gasteiger partial charge in [0.2, 0.25) is 0 Å².